The van der Waals surface area contributed by atoms with Gasteiger partial charge in [0, 0.05) is 41.4 Å². The number of rotatable bonds is 20. The van der Waals surface area contributed by atoms with Crippen molar-refractivity contribution in [1.29, 1.82) is 0 Å². The van der Waals surface area contributed by atoms with Crippen LogP contribution in [0.15, 0.2) is 91.1 Å². The Morgan fingerprint density at radius 3 is 1.61 bits per heavy atom. The molecule has 17 heteroatoms. The normalized spacial score (nSPS) is 14.9. The number of carbonyl (C=O) groups excluding carboxylic acids is 5. The average Bonchev–Trinajstić information content (AvgIpc) is 3.59. The lowest BCUT2D eigenvalue weighted by Gasteiger charge is -2.27. The standard InChI is InChI=1S/C39H47N7O8S2/c1-22(47)33(46-34(48)27(40)18-25-19-41-28-15-9-8-14-26(25)28)38(52)43-30(17-24-12-6-3-7-13-24)35(49)44-31(20-55)37(51)42-29(16-23-10-4-2-5-11-23)36(50)45-32(21-56)39(53)54/h2-15,19,22,27,29-33,41,47,55-56H,16-18,20-21,40H2,1H3,(H,42,51)(H,43,52)(H,44,49)(H,45,50)(H,46,48)(H,53,54)/t22-,27+,29+,30+,31+,32+,33+/m1/s1. The second-order valence-corrected chi connectivity index (χ2v) is 14.0. The van der Waals surface area contributed by atoms with Gasteiger partial charge in [0.1, 0.15) is 30.2 Å². The van der Waals surface area contributed by atoms with E-state index in [9.17, 15) is 39.0 Å². The molecule has 15 nitrogen and oxygen atoms in total. The molecule has 0 aliphatic rings. The van der Waals surface area contributed by atoms with Crippen molar-refractivity contribution in [3.63, 3.8) is 0 Å². The number of nitrogens with one attached hydrogen (secondary N) is 6. The van der Waals surface area contributed by atoms with Crippen LogP contribution in [0.1, 0.15) is 23.6 Å². The van der Waals surface area contributed by atoms with Crippen molar-refractivity contribution >= 4 is 71.7 Å². The van der Waals surface area contributed by atoms with E-state index in [1.54, 1.807) is 66.9 Å². The number of hydrogen-bond acceptors (Lipinski definition) is 10. The van der Waals surface area contributed by atoms with E-state index in [1.807, 2.05) is 24.3 Å². The molecule has 0 radical (unpaired) electrons. The number of aromatic amines is 1. The van der Waals surface area contributed by atoms with Gasteiger partial charge in [-0.3, -0.25) is 24.0 Å². The molecule has 0 unspecified atom stereocenters. The van der Waals surface area contributed by atoms with Crippen molar-refractivity contribution in [3.05, 3.63) is 108 Å². The molecule has 4 rings (SSSR count). The SMILES string of the molecule is C[C@@H](O)[C@H](NC(=O)[C@@H](N)Cc1c[nH]c2ccccc12)C(=O)N[C@@H](Cc1ccccc1)C(=O)N[C@@H](CS)C(=O)N[C@@H](Cc1ccccc1)C(=O)N[C@@H](CS)C(=O)O. The van der Waals surface area contributed by atoms with Gasteiger partial charge >= 0.3 is 5.97 Å². The van der Waals surface area contributed by atoms with Crippen molar-refractivity contribution in [1.82, 2.24) is 31.6 Å². The van der Waals surface area contributed by atoms with E-state index in [1.165, 1.54) is 6.92 Å². The molecule has 298 valence electrons. The Morgan fingerprint density at radius 1 is 0.625 bits per heavy atom. The van der Waals surface area contributed by atoms with Gasteiger partial charge in [-0.05, 0) is 36.1 Å². The number of para-hydroxylation sites is 1. The number of H-pyrrole nitrogens is 1. The maximum absolute atomic E-state index is 13.9. The lowest BCUT2D eigenvalue weighted by atomic mass is 10.0. The first kappa shape index (κ1) is 43.4. The van der Waals surface area contributed by atoms with E-state index in [4.69, 9.17) is 5.73 Å². The molecule has 1 aromatic heterocycles. The summed E-state index contributed by atoms with van der Waals surface area (Å²) in [6, 6.07) is 17.1. The predicted octanol–water partition coefficient (Wildman–Crippen LogP) is 0.272. The van der Waals surface area contributed by atoms with Crippen LogP contribution in [0, 0.1) is 0 Å². The summed E-state index contributed by atoms with van der Waals surface area (Å²) in [6.45, 7) is 1.31. The Balaban J connectivity index is 1.48. The number of aliphatic carboxylic acids is 1. The van der Waals surface area contributed by atoms with Crippen molar-refractivity contribution in [2.45, 2.75) is 68.5 Å². The number of carboxylic acids is 1. The fourth-order valence-corrected chi connectivity index (χ4v) is 6.38. The molecule has 4 aromatic rings. The first-order valence-electron chi connectivity index (χ1n) is 17.8. The largest absolute Gasteiger partial charge is 0.480 e. The molecule has 3 aromatic carbocycles. The van der Waals surface area contributed by atoms with Crippen LogP contribution in [0.4, 0.5) is 0 Å². The van der Waals surface area contributed by atoms with Gasteiger partial charge in [-0.1, -0.05) is 78.9 Å². The lowest BCUT2D eigenvalue weighted by molar-refractivity contribution is -0.141. The Morgan fingerprint density at radius 2 is 1.09 bits per heavy atom. The van der Waals surface area contributed by atoms with Gasteiger partial charge in [0.2, 0.25) is 29.5 Å². The molecule has 56 heavy (non-hydrogen) atoms. The van der Waals surface area contributed by atoms with Gasteiger partial charge in [-0.25, -0.2) is 4.79 Å². The third-order valence-corrected chi connectivity index (χ3v) is 9.69. The first-order valence-corrected chi connectivity index (χ1v) is 19.1. The van der Waals surface area contributed by atoms with Crippen LogP contribution in [-0.4, -0.2) is 105 Å². The number of fused-ring (bicyclic) bond motifs is 1. The van der Waals surface area contributed by atoms with Crippen LogP contribution in [-0.2, 0) is 48.0 Å². The second-order valence-electron chi connectivity index (χ2n) is 13.2. The van der Waals surface area contributed by atoms with Gasteiger partial charge in [0.05, 0.1) is 12.1 Å². The number of benzene rings is 3. The average molecular weight is 806 g/mol. The van der Waals surface area contributed by atoms with Gasteiger partial charge in [0.15, 0.2) is 0 Å². The zero-order chi connectivity index (χ0) is 40.8. The van der Waals surface area contributed by atoms with E-state index < -0.39 is 77.9 Å². The third kappa shape index (κ3) is 12.3. The predicted molar refractivity (Wildman–Crippen MR) is 217 cm³/mol. The summed E-state index contributed by atoms with van der Waals surface area (Å²) < 4.78 is 0. The first-order chi connectivity index (χ1) is 26.8. The van der Waals surface area contributed by atoms with E-state index in [0.29, 0.717) is 11.1 Å². The molecule has 10 N–H and O–H groups in total. The van der Waals surface area contributed by atoms with Crippen LogP contribution in [0.3, 0.4) is 0 Å². The lowest BCUT2D eigenvalue weighted by Crippen LogP contribution is -2.61. The minimum absolute atomic E-state index is 0.00482. The smallest absolute Gasteiger partial charge is 0.327 e. The van der Waals surface area contributed by atoms with E-state index in [-0.39, 0.29) is 30.8 Å². The Hall–Kier alpha value is -5.36. The molecule has 1 heterocycles. The zero-order valence-electron chi connectivity index (χ0n) is 30.6. The highest BCUT2D eigenvalue weighted by atomic mass is 32.1. The van der Waals surface area contributed by atoms with Crippen molar-refractivity contribution in [2.24, 2.45) is 5.73 Å². The molecule has 5 amide bonds. The summed E-state index contributed by atoms with van der Waals surface area (Å²) in [6.07, 6.45) is 0.443. The summed E-state index contributed by atoms with van der Waals surface area (Å²) in [7, 11) is 0. The molecular formula is C39H47N7O8S2. The molecular weight excluding hydrogens is 759 g/mol. The number of carbonyl (C=O) groups is 6. The quantitative estimate of drug-likeness (QED) is 0.0549. The topological polar surface area (TPSA) is 245 Å². The number of aliphatic hydroxyl groups excluding tert-OH is 1. The molecule has 0 spiro atoms. The van der Waals surface area contributed by atoms with Gasteiger partial charge in [-0.15, -0.1) is 0 Å². The minimum Gasteiger partial charge on any atom is -0.480 e. The maximum atomic E-state index is 13.9. The van der Waals surface area contributed by atoms with E-state index in [0.717, 1.165) is 16.5 Å². The summed E-state index contributed by atoms with van der Waals surface area (Å²) in [5, 5.41) is 33.6. The summed E-state index contributed by atoms with van der Waals surface area (Å²) in [5.74, 6) is -5.70. The molecule has 0 aliphatic heterocycles. The Bertz CT molecular complexity index is 1960. The zero-order valence-corrected chi connectivity index (χ0v) is 32.3. The highest BCUT2D eigenvalue weighted by Crippen LogP contribution is 2.19. The van der Waals surface area contributed by atoms with Crippen molar-refractivity contribution in [3.8, 4) is 0 Å². The number of thiol groups is 2. The molecule has 7 atom stereocenters. The van der Waals surface area contributed by atoms with Crippen LogP contribution >= 0.6 is 25.3 Å². The van der Waals surface area contributed by atoms with Crippen molar-refractivity contribution < 1.29 is 39.0 Å². The van der Waals surface area contributed by atoms with Gasteiger partial charge in [-0.2, -0.15) is 25.3 Å². The molecule has 0 saturated carbocycles. The van der Waals surface area contributed by atoms with Crippen LogP contribution in [0.2, 0.25) is 0 Å². The number of amides is 5. The van der Waals surface area contributed by atoms with Crippen molar-refractivity contribution in [2.75, 3.05) is 11.5 Å². The summed E-state index contributed by atoms with van der Waals surface area (Å²) >= 11 is 8.25. The molecule has 0 aliphatic carbocycles. The summed E-state index contributed by atoms with van der Waals surface area (Å²) in [4.78, 5) is 82.4. The number of hydrogen-bond donors (Lipinski definition) is 11. The number of aliphatic hydroxyl groups is 1. The second kappa shape index (κ2) is 21.1. The van der Waals surface area contributed by atoms with Gasteiger partial charge < -0.3 is 47.5 Å². The minimum atomic E-state index is -1.50. The fourth-order valence-electron chi connectivity index (χ4n) is 5.87. The number of carboxylic acid groups (broad SMARTS) is 1. The van der Waals surface area contributed by atoms with Crippen LogP contribution < -0.4 is 32.3 Å². The van der Waals surface area contributed by atoms with Crippen LogP contribution in [0.25, 0.3) is 10.9 Å². The molecule has 0 fully saturated rings. The van der Waals surface area contributed by atoms with Crippen LogP contribution in [0.5, 0.6) is 0 Å². The van der Waals surface area contributed by atoms with E-state index >= 15 is 0 Å². The Labute approximate surface area is 334 Å². The molecule has 0 bridgehead atoms. The maximum Gasteiger partial charge on any atom is 0.327 e. The highest BCUT2D eigenvalue weighted by molar-refractivity contribution is 7.80. The monoisotopic (exact) mass is 805 g/mol. The third-order valence-electron chi connectivity index (χ3n) is 8.96. The molecule has 0 saturated heterocycles. The Kier molecular flexibility index (Phi) is 16.3. The highest BCUT2D eigenvalue weighted by Gasteiger charge is 2.34. The number of aromatic nitrogens is 1. The fraction of sp³-hybridized carbons (Fsp3) is 0.333. The van der Waals surface area contributed by atoms with Gasteiger partial charge in [0.25, 0.3) is 0 Å². The number of nitrogens with two attached hydrogens (primary N) is 1. The van der Waals surface area contributed by atoms with E-state index in [2.05, 4.69) is 56.8 Å². The summed E-state index contributed by atoms with van der Waals surface area (Å²) in [5.41, 5.74) is 9.21.